The second-order valence-electron chi connectivity index (χ2n) is 6.66. The fraction of sp³-hybridized carbons (Fsp3) is 0.444. The van der Waals surface area contributed by atoms with Crippen LogP contribution in [-0.4, -0.2) is 28.1 Å². The summed E-state index contributed by atoms with van der Waals surface area (Å²) in [5.74, 6) is 1.84. The van der Waals surface area contributed by atoms with Crippen molar-refractivity contribution in [2.45, 2.75) is 38.8 Å². The van der Waals surface area contributed by atoms with Crippen LogP contribution >= 0.6 is 11.6 Å². The lowest BCUT2D eigenvalue weighted by Gasteiger charge is -2.29. The number of fused-ring (bicyclic) bond motifs is 2. The minimum absolute atomic E-state index is 0.0610. The fourth-order valence-corrected chi connectivity index (χ4v) is 3.75. The van der Waals surface area contributed by atoms with Crippen LogP contribution in [0.5, 0.6) is 5.75 Å². The molecule has 2 aliphatic heterocycles. The van der Waals surface area contributed by atoms with E-state index in [1.54, 1.807) is 0 Å². The molecule has 0 aliphatic carbocycles. The molecular weight excluding hydrogens is 326 g/mol. The highest BCUT2D eigenvalue weighted by atomic mass is 35.5. The molecular formula is C18H20ClN3O2. The third-order valence-electron chi connectivity index (χ3n) is 4.76. The third-order valence-corrected chi connectivity index (χ3v) is 4.99. The normalized spacial score (nSPS) is 22.2. The lowest BCUT2D eigenvalue weighted by Crippen LogP contribution is -2.46. The molecule has 126 valence electrons. The summed E-state index contributed by atoms with van der Waals surface area (Å²) in [4.78, 5) is 17.1. The van der Waals surface area contributed by atoms with Gasteiger partial charge in [-0.05, 0) is 43.5 Å². The molecule has 0 bridgehead atoms. The maximum absolute atomic E-state index is 12.6. The van der Waals surface area contributed by atoms with Gasteiger partial charge in [0.1, 0.15) is 18.2 Å². The van der Waals surface area contributed by atoms with Gasteiger partial charge in [0.05, 0.1) is 11.6 Å². The highest BCUT2D eigenvalue weighted by Gasteiger charge is 2.29. The van der Waals surface area contributed by atoms with Gasteiger partial charge in [0.2, 0.25) is 5.91 Å². The van der Waals surface area contributed by atoms with Gasteiger partial charge in [-0.25, -0.2) is 4.98 Å². The molecule has 2 aromatic rings. The first kappa shape index (κ1) is 15.5. The number of carbonyl (C=O) groups is 1. The van der Waals surface area contributed by atoms with E-state index >= 15 is 0 Å². The summed E-state index contributed by atoms with van der Waals surface area (Å²) in [6.45, 7) is 3.21. The SMILES string of the molecule is Cc1cn2c(n1)CC[C@H](NC(=O)[C@@H]1COc3ccc(Cl)cc3C1)C2. The molecule has 0 radical (unpaired) electrons. The first-order valence-electron chi connectivity index (χ1n) is 8.33. The molecule has 24 heavy (non-hydrogen) atoms. The monoisotopic (exact) mass is 345 g/mol. The highest BCUT2D eigenvalue weighted by Crippen LogP contribution is 2.30. The van der Waals surface area contributed by atoms with Crippen molar-refractivity contribution in [3.63, 3.8) is 0 Å². The number of aryl methyl sites for hydroxylation is 2. The number of hydrogen-bond donors (Lipinski definition) is 1. The summed E-state index contributed by atoms with van der Waals surface area (Å²) in [6.07, 6.45) is 4.55. The summed E-state index contributed by atoms with van der Waals surface area (Å²) >= 11 is 6.04. The summed E-state index contributed by atoms with van der Waals surface area (Å²) < 4.78 is 7.88. The van der Waals surface area contributed by atoms with E-state index in [9.17, 15) is 4.79 Å². The first-order valence-corrected chi connectivity index (χ1v) is 8.70. The summed E-state index contributed by atoms with van der Waals surface area (Å²) in [7, 11) is 0. The van der Waals surface area contributed by atoms with Crippen LogP contribution in [0.1, 0.15) is 23.5 Å². The molecule has 4 rings (SSSR count). The van der Waals surface area contributed by atoms with E-state index in [1.807, 2.05) is 25.1 Å². The maximum Gasteiger partial charge on any atom is 0.227 e. The molecule has 5 nitrogen and oxygen atoms in total. The van der Waals surface area contributed by atoms with Gasteiger partial charge in [0.15, 0.2) is 0 Å². The number of rotatable bonds is 2. The van der Waals surface area contributed by atoms with E-state index in [2.05, 4.69) is 21.1 Å². The zero-order chi connectivity index (χ0) is 16.7. The van der Waals surface area contributed by atoms with Crippen LogP contribution in [0.4, 0.5) is 0 Å². The Morgan fingerprint density at radius 1 is 1.46 bits per heavy atom. The summed E-state index contributed by atoms with van der Waals surface area (Å²) in [5.41, 5.74) is 2.04. The van der Waals surface area contributed by atoms with Gasteiger partial charge in [-0.3, -0.25) is 4.79 Å². The van der Waals surface area contributed by atoms with E-state index in [-0.39, 0.29) is 17.9 Å². The standard InChI is InChI=1S/C18H20ClN3O2/c1-11-8-22-9-15(3-5-17(22)20-11)21-18(23)13-6-12-7-14(19)2-4-16(12)24-10-13/h2,4,7-8,13,15H,3,5-6,9-10H2,1H3,(H,21,23)/t13-,15-/m0/s1. The van der Waals surface area contributed by atoms with Crippen LogP contribution in [0.15, 0.2) is 24.4 Å². The largest absolute Gasteiger partial charge is 0.492 e. The van der Waals surface area contributed by atoms with Gasteiger partial charge in [0, 0.05) is 30.2 Å². The molecule has 0 fully saturated rings. The molecule has 3 heterocycles. The maximum atomic E-state index is 12.6. The molecule has 0 unspecified atom stereocenters. The van der Waals surface area contributed by atoms with Crippen molar-refractivity contribution in [1.82, 2.24) is 14.9 Å². The Morgan fingerprint density at radius 2 is 2.33 bits per heavy atom. The zero-order valence-corrected chi connectivity index (χ0v) is 14.3. The van der Waals surface area contributed by atoms with Crippen molar-refractivity contribution in [2.24, 2.45) is 5.92 Å². The van der Waals surface area contributed by atoms with Crippen molar-refractivity contribution >= 4 is 17.5 Å². The second-order valence-corrected chi connectivity index (χ2v) is 7.10. The second kappa shape index (κ2) is 6.13. The smallest absolute Gasteiger partial charge is 0.227 e. The predicted octanol–water partition coefficient (Wildman–Crippen LogP) is 2.53. The quantitative estimate of drug-likeness (QED) is 0.910. The topological polar surface area (TPSA) is 56.2 Å². The number of ether oxygens (including phenoxy) is 1. The first-order chi connectivity index (χ1) is 11.6. The Balaban J connectivity index is 1.40. The van der Waals surface area contributed by atoms with E-state index in [1.165, 1.54) is 0 Å². The number of nitrogens with zero attached hydrogens (tertiary/aromatic N) is 2. The van der Waals surface area contributed by atoms with Crippen molar-refractivity contribution in [1.29, 1.82) is 0 Å². The number of carbonyl (C=O) groups excluding carboxylic acids is 1. The lowest BCUT2D eigenvalue weighted by molar-refractivity contribution is -0.127. The molecule has 0 saturated carbocycles. The van der Waals surface area contributed by atoms with Crippen molar-refractivity contribution in [3.05, 3.63) is 46.5 Å². The van der Waals surface area contributed by atoms with Crippen LogP contribution in [0.25, 0.3) is 0 Å². The summed E-state index contributed by atoms with van der Waals surface area (Å²) in [5, 5.41) is 3.86. The van der Waals surface area contributed by atoms with E-state index in [4.69, 9.17) is 16.3 Å². The Labute approximate surface area is 146 Å². The van der Waals surface area contributed by atoms with Crippen molar-refractivity contribution in [3.8, 4) is 5.75 Å². The highest BCUT2D eigenvalue weighted by molar-refractivity contribution is 6.30. The van der Waals surface area contributed by atoms with Crippen molar-refractivity contribution < 1.29 is 9.53 Å². The third kappa shape index (κ3) is 3.00. The van der Waals surface area contributed by atoms with Crippen LogP contribution < -0.4 is 10.1 Å². The van der Waals surface area contributed by atoms with E-state index in [0.29, 0.717) is 18.1 Å². The Morgan fingerprint density at radius 3 is 3.21 bits per heavy atom. The molecule has 1 aromatic carbocycles. The molecule has 1 N–H and O–H groups in total. The number of benzene rings is 1. The van der Waals surface area contributed by atoms with Gasteiger partial charge < -0.3 is 14.6 Å². The van der Waals surface area contributed by atoms with Crippen LogP contribution in [0.2, 0.25) is 5.02 Å². The fourth-order valence-electron chi connectivity index (χ4n) is 3.55. The molecule has 0 saturated heterocycles. The average Bonchev–Trinajstić information content (AvgIpc) is 2.93. The minimum Gasteiger partial charge on any atom is -0.492 e. The Kier molecular flexibility index (Phi) is 3.96. The van der Waals surface area contributed by atoms with Gasteiger partial charge in [0.25, 0.3) is 0 Å². The molecule has 0 spiro atoms. The zero-order valence-electron chi connectivity index (χ0n) is 13.6. The Hall–Kier alpha value is -2.01. The molecule has 1 amide bonds. The molecule has 6 heteroatoms. The number of imidazole rings is 1. The van der Waals surface area contributed by atoms with Gasteiger partial charge in [-0.15, -0.1) is 0 Å². The van der Waals surface area contributed by atoms with Gasteiger partial charge in [-0.2, -0.15) is 0 Å². The molecule has 2 aliphatic rings. The number of nitrogens with one attached hydrogen (secondary N) is 1. The average molecular weight is 346 g/mol. The number of amides is 1. The number of halogens is 1. The van der Waals surface area contributed by atoms with Crippen molar-refractivity contribution in [2.75, 3.05) is 6.61 Å². The van der Waals surface area contributed by atoms with E-state index in [0.717, 1.165) is 42.2 Å². The van der Waals surface area contributed by atoms with Crippen LogP contribution in [0, 0.1) is 12.8 Å². The van der Waals surface area contributed by atoms with E-state index < -0.39 is 0 Å². The van der Waals surface area contributed by atoms with Crippen LogP contribution in [0.3, 0.4) is 0 Å². The number of aromatic nitrogens is 2. The molecule has 2 atom stereocenters. The van der Waals surface area contributed by atoms with Crippen LogP contribution in [-0.2, 0) is 24.2 Å². The Bertz CT molecular complexity index is 787. The minimum atomic E-state index is -0.165. The number of hydrogen-bond acceptors (Lipinski definition) is 3. The van der Waals surface area contributed by atoms with Gasteiger partial charge >= 0.3 is 0 Å². The summed E-state index contributed by atoms with van der Waals surface area (Å²) in [6, 6.07) is 5.72. The predicted molar refractivity (Wildman–Crippen MR) is 91.4 cm³/mol. The molecule has 1 aromatic heterocycles. The van der Waals surface area contributed by atoms with Gasteiger partial charge in [-0.1, -0.05) is 11.6 Å². The lowest BCUT2D eigenvalue weighted by atomic mass is 9.95.